The minimum atomic E-state index is -0.187. The van der Waals surface area contributed by atoms with Crippen molar-refractivity contribution in [1.82, 2.24) is 14.9 Å². The lowest BCUT2D eigenvalue weighted by Gasteiger charge is -2.32. The number of hydrogen-bond donors (Lipinski definition) is 0. The normalized spacial score (nSPS) is 25.4. The van der Waals surface area contributed by atoms with E-state index in [0.29, 0.717) is 25.5 Å². The Labute approximate surface area is 146 Å². The van der Waals surface area contributed by atoms with Gasteiger partial charge in [0.25, 0.3) is 0 Å². The van der Waals surface area contributed by atoms with Crippen molar-refractivity contribution in [2.75, 3.05) is 13.2 Å². The molecular weight excluding hydrogens is 318 g/mol. The van der Waals surface area contributed by atoms with Gasteiger partial charge in [-0.05, 0) is 31.0 Å². The van der Waals surface area contributed by atoms with Crippen LogP contribution in [-0.4, -0.2) is 52.2 Å². The lowest BCUT2D eigenvalue weighted by Crippen LogP contribution is -2.44. The van der Waals surface area contributed by atoms with Gasteiger partial charge in [-0.25, -0.2) is 4.98 Å². The summed E-state index contributed by atoms with van der Waals surface area (Å²) in [6.07, 6.45) is 5.35. The van der Waals surface area contributed by atoms with E-state index in [4.69, 9.17) is 9.47 Å². The molecular formula is C19H21N3O3. The van der Waals surface area contributed by atoms with Crippen molar-refractivity contribution < 1.29 is 14.3 Å². The Morgan fingerprint density at radius 1 is 1.20 bits per heavy atom. The van der Waals surface area contributed by atoms with Crippen molar-refractivity contribution in [3.63, 3.8) is 0 Å². The zero-order valence-corrected chi connectivity index (χ0v) is 14.0. The first-order chi connectivity index (χ1) is 12.3. The smallest absolute Gasteiger partial charge is 0.229 e. The number of ether oxygens (including phenoxy) is 2. The quantitative estimate of drug-likeness (QED) is 0.851. The second-order valence-electron chi connectivity index (χ2n) is 6.41. The standard InChI is InChI=1S/C19H21N3O3/c23-18(12-14-6-1-3-9-20-14)22-13-16(19-15(22)7-5-11-24-19)25-17-8-2-4-10-21-17/h1-4,6,8-10,15-16,19H,5,7,11-13H2/t15-,16+,19+/m0/s1. The molecule has 2 fully saturated rings. The van der Waals surface area contributed by atoms with Crippen LogP contribution in [0.3, 0.4) is 0 Å². The number of carbonyl (C=O) groups excluding carboxylic acids is 1. The van der Waals surface area contributed by atoms with Crippen LogP contribution in [0, 0.1) is 0 Å². The summed E-state index contributed by atoms with van der Waals surface area (Å²) in [7, 11) is 0. The summed E-state index contributed by atoms with van der Waals surface area (Å²) in [5.74, 6) is 0.644. The molecule has 4 rings (SSSR count). The fourth-order valence-electron chi connectivity index (χ4n) is 3.63. The highest BCUT2D eigenvalue weighted by atomic mass is 16.5. The van der Waals surface area contributed by atoms with Gasteiger partial charge in [0.15, 0.2) is 0 Å². The lowest BCUT2D eigenvalue weighted by atomic mass is 10.0. The molecule has 2 aromatic heterocycles. The summed E-state index contributed by atoms with van der Waals surface area (Å²) in [5, 5.41) is 0. The summed E-state index contributed by atoms with van der Waals surface area (Å²) >= 11 is 0. The molecule has 25 heavy (non-hydrogen) atoms. The number of carbonyl (C=O) groups is 1. The van der Waals surface area contributed by atoms with Crippen LogP contribution in [0.5, 0.6) is 5.88 Å². The molecule has 2 aliphatic heterocycles. The van der Waals surface area contributed by atoms with E-state index in [1.54, 1.807) is 12.4 Å². The molecule has 0 unspecified atom stereocenters. The molecule has 0 radical (unpaired) electrons. The third-order valence-electron chi connectivity index (χ3n) is 4.77. The van der Waals surface area contributed by atoms with Gasteiger partial charge < -0.3 is 14.4 Å². The zero-order valence-electron chi connectivity index (χ0n) is 14.0. The van der Waals surface area contributed by atoms with Gasteiger partial charge in [-0.1, -0.05) is 12.1 Å². The van der Waals surface area contributed by atoms with Crippen LogP contribution in [-0.2, 0) is 16.0 Å². The molecule has 1 amide bonds. The monoisotopic (exact) mass is 339 g/mol. The molecule has 2 aliphatic rings. The molecule has 0 aromatic carbocycles. The molecule has 0 saturated carbocycles. The SMILES string of the molecule is O=C(Cc1ccccn1)N1C[C@@H](Oc2ccccn2)[C@@H]2OCCC[C@@H]21. The van der Waals surface area contributed by atoms with Gasteiger partial charge in [0.05, 0.1) is 19.0 Å². The number of amides is 1. The fraction of sp³-hybridized carbons (Fsp3) is 0.421. The number of aromatic nitrogens is 2. The Balaban J connectivity index is 1.49. The van der Waals surface area contributed by atoms with E-state index in [1.807, 2.05) is 41.3 Å². The first kappa shape index (κ1) is 16.0. The summed E-state index contributed by atoms with van der Waals surface area (Å²) in [4.78, 5) is 23.2. The Kier molecular flexibility index (Phi) is 4.61. The number of likely N-dealkylation sites (tertiary alicyclic amines) is 1. The average Bonchev–Trinajstić information content (AvgIpc) is 3.02. The molecule has 0 bridgehead atoms. The largest absolute Gasteiger partial charge is 0.470 e. The van der Waals surface area contributed by atoms with Crippen LogP contribution in [0.15, 0.2) is 48.8 Å². The molecule has 4 heterocycles. The maximum absolute atomic E-state index is 12.8. The molecule has 130 valence electrons. The van der Waals surface area contributed by atoms with Gasteiger partial charge in [0.1, 0.15) is 12.2 Å². The van der Waals surface area contributed by atoms with Crippen LogP contribution in [0.1, 0.15) is 18.5 Å². The highest BCUT2D eigenvalue weighted by Crippen LogP contribution is 2.31. The van der Waals surface area contributed by atoms with E-state index in [-0.39, 0.29) is 24.2 Å². The predicted octanol–water partition coefficient (Wildman–Crippen LogP) is 1.86. The first-order valence-electron chi connectivity index (χ1n) is 8.70. The first-order valence-corrected chi connectivity index (χ1v) is 8.70. The maximum Gasteiger partial charge on any atom is 0.229 e. The Bertz CT molecular complexity index is 710. The van der Waals surface area contributed by atoms with Crippen LogP contribution >= 0.6 is 0 Å². The molecule has 0 spiro atoms. The number of fused-ring (bicyclic) bond motifs is 1. The predicted molar refractivity (Wildman–Crippen MR) is 91.1 cm³/mol. The minimum Gasteiger partial charge on any atom is -0.470 e. The Hall–Kier alpha value is -2.47. The summed E-state index contributed by atoms with van der Waals surface area (Å²) in [5.41, 5.74) is 0.787. The van der Waals surface area contributed by atoms with Gasteiger partial charge in [-0.3, -0.25) is 9.78 Å². The van der Waals surface area contributed by atoms with Crippen molar-refractivity contribution in [1.29, 1.82) is 0 Å². The van der Waals surface area contributed by atoms with Crippen molar-refractivity contribution in [3.05, 3.63) is 54.5 Å². The van der Waals surface area contributed by atoms with Gasteiger partial charge in [-0.2, -0.15) is 0 Å². The Morgan fingerprint density at radius 2 is 2.04 bits per heavy atom. The highest BCUT2D eigenvalue weighted by Gasteiger charge is 2.47. The summed E-state index contributed by atoms with van der Waals surface area (Å²) < 4.78 is 12.0. The van der Waals surface area contributed by atoms with E-state index in [0.717, 1.165) is 18.5 Å². The number of rotatable bonds is 4. The van der Waals surface area contributed by atoms with E-state index >= 15 is 0 Å². The number of hydrogen-bond acceptors (Lipinski definition) is 5. The van der Waals surface area contributed by atoms with Crippen molar-refractivity contribution in [3.8, 4) is 5.88 Å². The second-order valence-corrected chi connectivity index (χ2v) is 6.41. The van der Waals surface area contributed by atoms with E-state index in [2.05, 4.69) is 9.97 Å². The maximum atomic E-state index is 12.8. The summed E-state index contributed by atoms with van der Waals surface area (Å²) in [6, 6.07) is 11.3. The summed E-state index contributed by atoms with van der Waals surface area (Å²) in [6.45, 7) is 1.24. The molecule has 0 aliphatic carbocycles. The van der Waals surface area contributed by atoms with Crippen LogP contribution in [0.25, 0.3) is 0 Å². The zero-order chi connectivity index (χ0) is 17.1. The lowest BCUT2D eigenvalue weighted by molar-refractivity contribution is -0.134. The van der Waals surface area contributed by atoms with Crippen molar-refractivity contribution >= 4 is 5.91 Å². The molecule has 6 heteroatoms. The van der Waals surface area contributed by atoms with Crippen LogP contribution < -0.4 is 4.74 Å². The molecule has 2 aromatic rings. The van der Waals surface area contributed by atoms with E-state index in [9.17, 15) is 4.79 Å². The molecule has 0 N–H and O–H groups in total. The van der Waals surface area contributed by atoms with Crippen LogP contribution in [0.4, 0.5) is 0 Å². The van der Waals surface area contributed by atoms with Crippen LogP contribution in [0.2, 0.25) is 0 Å². The molecule has 6 nitrogen and oxygen atoms in total. The second kappa shape index (κ2) is 7.19. The number of pyridine rings is 2. The van der Waals surface area contributed by atoms with Crippen molar-refractivity contribution in [2.24, 2.45) is 0 Å². The third kappa shape index (κ3) is 3.49. The topological polar surface area (TPSA) is 64.6 Å². The fourth-order valence-corrected chi connectivity index (χ4v) is 3.63. The average molecular weight is 339 g/mol. The highest BCUT2D eigenvalue weighted by molar-refractivity contribution is 5.79. The van der Waals surface area contributed by atoms with Crippen molar-refractivity contribution in [2.45, 2.75) is 37.5 Å². The van der Waals surface area contributed by atoms with Gasteiger partial charge >= 0.3 is 0 Å². The van der Waals surface area contributed by atoms with E-state index in [1.165, 1.54) is 0 Å². The molecule has 3 atom stereocenters. The van der Waals surface area contributed by atoms with E-state index < -0.39 is 0 Å². The van der Waals surface area contributed by atoms with Gasteiger partial charge in [-0.15, -0.1) is 0 Å². The minimum absolute atomic E-state index is 0.0682. The number of nitrogens with zero attached hydrogens (tertiary/aromatic N) is 3. The third-order valence-corrected chi connectivity index (χ3v) is 4.77. The van der Waals surface area contributed by atoms with Gasteiger partial charge in [0.2, 0.25) is 11.8 Å². The van der Waals surface area contributed by atoms with Gasteiger partial charge in [0, 0.05) is 30.8 Å². The molecule has 2 saturated heterocycles. The Morgan fingerprint density at radius 3 is 2.80 bits per heavy atom.